The van der Waals surface area contributed by atoms with Crippen LogP contribution in [-0.4, -0.2) is 40.2 Å². The molecule has 1 fully saturated rings. The number of hydrogen-bond donors (Lipinski definition) is 2. The summed E-state index contributed by atoms with van der Waals surface area (Å²) in [7, 11) is 0. The molecule has 1 aliphatic rings. The van der Waals surface area contributed by atoms with Crippen molar-refractivity contribution in [2.24, 2.45) is 5.84 Å². The number of carbonyl (C=O) groups excluding carboxylic acids is 1. The van der Waals surface area contributed by atoms with Crippen molar-refractivity contribution in [1.82, 2.24) is 20.1 Å². The minimum atomic E-state index is -4.51. The Morgan fingerprint density at radius 3 is 2.37 bits per heavy atom. The first-order valence-corrected chi connectivity index (χ1v) is 8.87. The maximum atomic E-state index is 13.2. The number of piperidine rings is 1. The summed E-state index contributed by atoms with van der Waals surface area (Å²) in [5.41, 5.74) is 2.37. The first kappa shape index (κ1) is 19.4. The summed E-state index contributed by atoms with van der Waals surface area (Å²) in [6.07, 6.45) is -1.08. The van der Waals surface area contributed by atoms with Crippen LogP contribution in [0.2, 0.25) is 0 Å². The number of hydrogen-bond acceptors (Lipinski definition) is 4. The van der Waals surface area contributed by atoms with Gasteiger partial charge in [0, 0.05) is 12.1 Å². The molecule has 1 aliphatic heterocycles. The fourth-order valence-corrected chi connectivity index (χ4v) is 3.25. The first-order valence-electron chi connectivity index (χ1n) is 8.87. The SMILES string of the molecule is NNC(=O)c1ccc(-c2cc(C(F)(F)F)nn2CCN2CCCCC2)cc1. The second-order valence-corrected chi connectivity index (χ2v) is 6.59. The first-order chi connectivity index (χ1) is 12.9. The van der Waals surface area contributed by atoms with Crippen LogP contribution in [-0.2, 0) is 12.7 Å². The number of aromatic nitrogens is 2. The van der Waals surface area contributed by atoms with Crippen LogP contribution in [0.1, 0.15) is 35.3 Å². The van der Waals surface area contributed by atoms with E-state index in [1.165, 1.54) is 23.2 Å². The number of hydrazine groups is 1. The van der Waals surface area contributed by atoms with E-state index in [2.05, 4.69) is 10.00 Å². The molecule has 0 unspecified atom stereocenters. The molecule has 146 valence electrons. The molecule has 2 heterocycles. The van der Waals surface area contributed by atoms with Crippen LogP contribution in [0.15, 0.2) is 30.3 Å². The Balaban J connectivity index is 1.85. The minimum absolute atomic E-state index is 0.330. The second-order valence-electron chi connectivity index (χ2n) is 6.59. The maximum Gasteiger partial charge on any atom is 0.435 e. The van der Waals surface area contributed by atoms with E-state index in [4.69, 9.17) is 5.84 Å². The summed E-state index contributed by atoms with van der Waals surface area (Å²) >= 11 is 0. The Labute approximate surface area is 155 Å². The number of alkyl halides is 3. The molecule has 0 spiro atoms. The number of rotatable bonds is 5. The molecular formula is C18H22F3N5O. The lowest BCUT2D eigenvalue weighted by atomic mass is 10.1. The van der Waals surface area contributed by atoms with Gasteiger partial charge >= 0.3 is 6.18 Å². The lowest BCUT2D eigenvalue weighted by molar-refractivity contribution is -0.141. The van der Waals surface area contributed by atoms with Crippen molar-refractivity contribution in [3.8, 4) is 11.3 Å². The fourth-order valence-electron chi connectivity index (χ4n) is 3.25. The number of amides is 1. The van der Waals surface area contributed by atoms with Crippen molar-refractivity contribution in [2.75, 3.05) is 19.6 Å². The van der Waals surface area contributed by atoms with Crippen LogP contribution in [0.5, 0.6) is 0 Å². The van der Waals surface area contributed by atoms with Gasteiger partial charge in [-0.05, 0) is 49.7 Å². The van der Waals surface area contributed by atoms with E-state index in [1.807, 2.05) is 5.43 Å². The van der Waals surface area contributed by atoms with Gasteiger partial charge in [0.15, 0.2) is 5.69 Å². The highest BCUT2D eigenvalue weighted by molar-refractivity contribution is 5.94. The average molecular weight is 381 g/mol. The highest BCUT2D eigenvalue weighted by Gasteiger charge is 2.35. The molecule has 0 saturated carbocycles. The lowest BCUT2D eigenvalue weighted by Crippen LogP contribution is -2.32. The van der Waals surface area contributed by atoms with Gasteiger partial charge in [0.2, 0.25) is 0 Å². The van der Waals surface area contributed by atoms with Gasteiger partial charge < -0.3 is 4.90 Å². The van der Waals surface area contributed by atoms with Crippen LogP contribution in [0.4, 0.5) is 13.2 Å². The number of likely N-dealkylation sites (tertiary alicyclic amines) is 1. The highest BCUT2D eigenvalue weighted by atomic mass is 19.4. The molecule has 1 amide bonds. The monoisotopic (exact) mass is 381 g/mol. The topological polar surface area (TPSA) is 76.2 Å². The Bertz CT molecular complexity index is 779. The number of carbonyl (C=O) groups is 1. The standard InChI is InChI=1S/C18H22F3N5O/c19-18(20,21)16-12-15(13-4-6-14(7-5-13)17(27)23-22)26(24-16)11-10-25-8-2-1-3-9-25/h4-7,12H,1-3,8-11,22H2,(H,23,27). The third-order valence-electron chi connectivity index (χ3n) is 4.72. The Kier molecular flexibility index (Phi) is 5.81. The van der Waals surface area contributed by atoms with Crippen LogP contribution in [0.3, 0.4) is 0 Å². The molecule has 9 heteroatoms. The van der Waals surface area contributed by atoms with E-state index in [-0.39, 0.29) is 0 Å². The molecular weight excluding hydrogens is 359 g/mol. The third-order valence-corrected chi connectivity index (χ3v) is 4.72. The normalized spacial score (nSPS) is 15.7. The number of nitrogen functional groups attached to an aromatic ring is 1. The van der Waals surface area contributed by atoms with Crippen LogP contribution >= 0.6 is 0 Å². The Hall–Kier alpha value is -2.39. The third kappa shape index (κ3) is 4.67. The summed E-state index contributed by atoms with van der Waals surface area (Å²) < 4.78 is 40.9. The number of benzene rings is 1. The zero-order valence-corrected chi connectivity index (χ0v) is 14.8. The van der Waals surface area contributed by atoms with Gasteiger partial charge in [0.1, 0.15) is 0 Å². The van der Waals surface area contributed by atoms with Crippen molar-refractivity contribution in [1.29, 1.82) is 0 Å². The van der Waals surface area contributed by atoms with Gasteiger partial charge in [-0.3, -0.25) is 14.9 Å². The summed E-state index contributed by atoms with van der Waals surface area (Å²) in [6, 6.07) is 7.28. The van der Waals surface area contributed by atoms with Gasteiger partial charge in [-0.2, -0.15) is 18.3 Å². The molecule has 3 N–H and O–H groups in total. The Morgan fingerprint density at radius 2 is 1.78 bits per heavy atom. The van der Waals surface area contributed by atoms with Crippen LogP contribution in [0.25, 0.3) is 11.3 Å². The molecule has 3 rings (SSSR count). The number of nitrogens with one attached hydrogen (secondary N) is 1. The predicted molar refractivity (Wildman–Crippen MR) is 94.6 cm³/mol. The quantitative estimate of drug-likeness (QED) is 0.474. The smallest absolute Gasteiger partial charge is 0.301 e. The van der Waals surface area contributed by atoms with Gasteiger partial charge in [-0.25, -0.2) is 5.84 Å². The number of halogens is 3. The van der Waals surface area contributed by atoms with Crippen molar-refractivity contribution in [3.05, 3.63) is 41.6 Å². The van der Waals surface area contributed by atoms with E-state index < -0.39 is 17.8 Å². The van der Waals surface area contributed by atoms with Crippen molar-refractivity contribution in [3.63, 3.8) is 0 Å². The van der Waals surface area contributed by atoms with E-state index >= 15 is 0 Å². The summed E-state index contributed by atoms with van der Waals surface area (Å²) in [5, 5.41) is 3.78. The van der Waals surface area contributed by atoms with E-state index in [0.29, 0.717) is 29.9 Å². The largest absolute Gasteiger partial charge is 0.435 e. The maximum absolute atomic E-state index is 13.2. The molecule has 6 nitrogen and oxygen atoms in total. The number of nitrogens with two attached hydrogens (primary N) is 1. The molecule has 0 atom stereocenters. The van der Waals surface area contributed by atoms with Crippen molar-refractivity contribution < 1.29 is 18.0 Å². The molecule has 27 heavy (non-hydrogen) atoms. The average Bonchev–Trinajstić information content (AvgIpc) is 3.11. The van der Waals surface area contributed by atoms with Crippen LogP contribution in [0, 0.1) is 0 Å². The molecule has 0 radical (unpaired) electrons. The lowest BCUT2D eigenvalue weighted by Gasteiger charge is -2.26. The molecule has 0 aliphatic carbocycles. The number of nitrogens with zero attached hydrogens (tertiary/aromatic N) is 3. The fraction of sp³-hybridized carbons (Fsp3) is 0.444. The zero-order valence-electron chi connectivity index (χ0n) is 14.8. The van der Waals surface area contributed by atoms with E-state index in [1.54, 1.807) is 12.1 Å². The minimum Gasteiger partial charge on any atom is -0.301 e. The summed E-state index contributed by atoms with van der Waals surface area (Å²) in [4.78, 5) is 13.8. The van der Waals surface area contributed by atoms with Crippen molar-refractivity contribution >= 4 is 5.91 Å². The molecule has 1 aromatic carbocycles. The van der Waals surface area contributed by atoms with Crippen LogP contribution < -0.4 is 11.3 Å². The molecule has 2 aromatic rings. The Morgan fingerprint density at radius 1 is 1.11 bits per heavy atom. The van der Waals surface area contributed by atoms with E-state index in [9.17, 15) is 18.0 Å². The molecule has 1 aromatic heterocycles. The summed E-state index contributed by atoms with van der Waals surface area (Å²) in [5.74, 6) is 4.63. The predicted octanol–water partition coefficient (Wildman–Crippen LogP) is 2.66. The van der Waals surface area contributed by atoms with E-state index in [0.717, 1.165) is 32.0 Å². The zero-order chi connectivity index (χ0) is 19.4. The molecule has 0 bridgehead atoms. The molecule has 1 saturated heterocycles. The van der Waals surface area contributed by atoms with Gasteiger partial charge in [-0.15, -0.1) is 0 Å². The summed E-state index contributed by atoms with van der Waals surface area (Å²) in [6.45, 7) is 2.95. The highest BCUT2D eigenvalue weighted by Crippen LogP contribution is 2.32. The van der Waals surface area contributed by atoms with Gasteiger partial charge in [-0.1, -0.05) is 18.6 Å². The van der Waals surface area contributed by atoms with Gasteiger partial charge in [0.05, 0.1) is 12.2 Å². The van der Waals surface area contributed by atoms with Gasteiger partial charge in [0.25, 0.3) is 5.91 Å². The van der Waals surface area contributed by atoms with Crippen molar-refractivity contribution in [2.45, 2.75) is 32.0 Å². The second kappa shape index (κ2) is 8.10.